The fraction of sp³-hybridized carbons (Fsp3) is 0.154. The third-order valence-electron chi connectivity index (χ3n) is 2.64. The maximum absolute atomic E-state index is 11.5. The number of nitrogen functional groups attached to an aromatic ring is 1. The molecule has 0 fully saturated rings. The number of nitrogens with two attached hydrogens (primary N) is 1. The number of rotatable bonds is 3. The summed E-state index contributed by atoms with van der Waals surface area (Å²) in [7, 11) is 1.62. The van der Waals surface area contributed by atoms with Gasteiger partial charge in [0.25, 0.3) is 0 Å². The number of anilines is 1. The molecule has 1 aromatic heterocycles. The van der Waals surface area contributed by atoms with Gasteiger partial charge in [0.05, 0.1) is 21.7 Å². The van der Waals surface area contributed by atoms with Crippen LogP contribution in [0.1, 0.15) is 5.56 Å². The van der Waals surface area contributed by atoms with Crippen molar-refractivity contribution in [2.45, 2.75) is 6.54 Å². The molecule has 0 unspecified atom stereocenters. The number of hydrogen-bond donors (Lipinski definition) is 1. The lowest BCUT2D eigenvalue weighted by molar-refractivity contribution is 0.412. The zero-order valence-corrected chi connectivity index (χ0v) is 13.4. The van der Waals surface area contributed by atoms with Gasteiger partial charge in [-0.2, -0.15) is 0 Å². The first-order valence-electron chi connectivity index (χ1n) is 5.48. The molecular formula is C13H12Br2N2O2. The zero-order chi connectivity index (χ0) is 14.0. The molecule has 6 heteroatoms. The molecule has 2 aromatic rings. The van der Waals surface area contributed by atoms with E-state index in [9.17, 15) is 4.79 Å². The average Bonchev–Trinajstić information content (AvgIpc) is 2.36. The maximum Gasteiger partial charge on any atom is 0.218 e. The number of halogens is 2. The van der Waals surface area contributed by atoms with Crippen LogP contribution in [0.25, 0.3) is 0 Å². The minimum Gasteiger partial charge on any atom is -0.496 e. The van der Waals surface area contributed by atoms with Crippen LogP contribution in [0.3, 0.4) is 0 Å². The Hall–Kier alpha value is -1.27. The predicted molar refractivity (Wildman–Crippen MR) is 82.6 cm³/mol. The number of methoxy groups -OCH3 is 1. The van der Waals surface area contributed by atoms with Gasteiger partial charge in [-0.25, -0.2) is 0 Å². The van der Waals surface area contributed by atoms with E-state index in [-0.39, 0.29) is 11.1 Å². The molecule has 0 atom stereocenters. The van der Waals surface area contributed by atoms with Crippen LogP contribution in [-0.4, -0.2) is 11.7 Å². The second-order valence-electron chi connectivity index (χ2n) is 4.03. The molecule has 2 rings (SSSR count). The molecule has 0 aliphatic carbocycles. The molecule has 1 aromatic carbocycles. The summed E-state index contributed by atoms with van der Waals surface area (Å²) in [6.45, 7) is 0.617. The van der Waals surface area contributed by atoms with Gasteiger partial charge in [-0.15, -0.1) is 0 Å². The van der Waals surface area contributed by atoms with E-state index >= 15 is 0 Å². The maximum atomic E-state index is 11.5. The first kappa shape index (κ1) is 14.1. The zero-order valence-electron chi connectivity index (χ0n) is 10.2. The van der Waals surface area contributed by atoms with Gasteiger partial charge < -0.3 is 15.0 Å². The van der Waals surface area contributed by atoms with E-state index in [0.717, 1.165) is 15.8 Å². The standard InChI is InChI=1S/C13H12Br2N2O2/c1-19-12-3-2-8(4-9(12)14)5-17-6-10(15)13(18)11(16)7-17/h2-4,6-7H,5,16H2,1H3. The Labute approximate surface area is 127 Å². The van der Waals surface area contributed by atoms with Gasteiger partial charge >= 0.3 is 0 Å². The van der Waals surface area contributed by atoms with Crippen LogP contribution >= 0.6 is 31.9 Å². The number of pyridine rings is 1. The lowest BCUT2D eigenvalue weighted by Crippen LogP contribution is -2.13. The Morgan fingerprint density at radius 3 is 2.58 bits per heavy atom. The van der Waals surface area contributed by atoms with Gasteiger partial charge in [0.1, 0.15) is 5.75 Å². The van der Waals surface area contributed by atoms with Gasteiger partial charge in [-0.1, -0.05) is 6.07 Å². The number of nitrogens with zero attached hydrogens (tertiary/aromatic N) is 1. The summed E-state index contributed by atoms with van der Waals surface area (Å²) in [6, 6.07) is 5.83. The Bertz CT molecular complexity index is 642. The fourth-order valence-electron chi connectivity index (χ4n) is 1.73. The van der Waals surface area contributed by atoms with E-state index < -0.39 is 0 Å². The van der Waals surface area contributed by atoms with Crippen LogP contribution in [0.2, 0.25) is 0 Å². The van der Waals surface area contributed by atoms with Crippen LogP contribution in [0, 0.1) is 0 Å². The average molecular weight is 388 g/mol. The lowest BCUT2D eigenvalue weighted by Gasteiger charge is -2.10. The number of hydrogen-bond acceptors (Lipinski definition) is 3. The van der Waals surface area contributed by atoms with Crippen LogP contribution in [-0.2, 0) is 6.54 Å². The van der Waals surface area contributed by atoms with Crippen molar-refractivity contribution in [2.24, 2.45) is 0 Å². The molecular weight excluding hydrogens is 376 g/mol. The predicted octanol–water partition coefficient (Wildman–Crippen LogP) is 3.01. The van der Waals surface area contributed by atoms with Crippen molar-refractivity contribution in [1.29, 1.82) is 0 Å². The van der Waals surface area contributed by atoms with E-state index in [1.807, 2.05) is 22.8 Å². The van der Waals surface area contributed by atoms with Crippen molar-refractivity contribution in [3.63, 3.8) is 0 Å². The van der Waals surface area contributed by atoms with E-state index in [1.165, 1.54) is 0 Å². The van der Waals surface area contributed by atoms with Crippen molar-refractivity contribution >= 4 is 37.5 Å². The van der Waals surface area contributed by atoms with Crippen LogP contribution in [0.5, 0.6) is 5.75 Å². The Balaban J connectivity index is 2.31. The second kappa shape index (κ2) is 5.79. The summed E-state index contributed by atoms with van der Waals surface area (Å²) in [4.78, 5) is 11.5. The van der Waals surface area contributed by atoms with Crippen molar-refractivity contribution in [1.82, 2.24) is 4.57 Å². The van der Waals surface area contributed by atoms with E-state index in [1.54, 1.807) is 19.5 Å². The highest BCUT2D eigenvalue weighted by molar-refractivity contribution is 9.10. The fourth-order valence-corrected chi connectivity index (χ4v) is 2.81. The lowest BCUT2D eigenvalue weighted by atomic mass is 10.2. The monoisotopic (exact) mass is 386 g/mol. The summed E-state index contributed by atoms with van der Waals surface area (Å²) in [5.74, 6) is 0.782. The highest BCUT2D eigenvalue weighted by Crippen LogP contribution is 2.25. The van der Waals surface area contributed by atoms with Crippen LogP contribution < -0.4 is 15.9 Å². The third kappa shape index (κ3) is 3.19. The van der Waals surface area contributed by atoms with E-state index in [2.05, 4.69) is 31.9 Å². The number of ether oxygens (including phenoxy) is 1. The molecule has 0 aliphatic heterocycles. The largest absolute Gasteiger partial charge is 0.496 e. The molecule has 0 radical (unpaired) electrons. The normalized spacial score (nSPS) is 10.5. The van der Waals surface area contributed by atoms with Gasteiger partial charge in [0, 0.05) is 18.9 Å². The summed E-state index contributed by atoms with van der Waals surface area (Å²) >= 11 is 6.65. The summed E-state index contributed by atoms with van der Waals surface area (Å²) in [5.41, 5.74) is 6.77. The first-order chi connectivity index (χ1) is 9.01. The first-order valence-corrected chi connectivity index (χ1v) is 7.07. The molecule has 1 heterocycles. The Morgan fingerprint density at radius 2 is 2.00 bits per heavy atom. The molecule has 0 aliphatic rings. The second-order valence-corrected chi connectivity index (χ2v) is 5.74. The van der Waals surface area contributed by atoms with Gasteiger partial charge in [0.15, 0.2) is 0 Å². The molecule has 0 bridgehead atoms. The van der Waals surface area contributed by atoms with Crippen molar-refractivity contribution in [2.75, 3.05) is 12.8 Å². The summed E-state index contributed by atoms with van der Waals surface area (Å²) in [5, 5.41) is 0. The van der Waals surface area contributed by atoms with Crippen molar-refractivity contribution in [3.05, 3.63) is 55.3 Å². The highest BCUT2D eigenvalue weighted by atomic mass is 79.9. The number of benzene rings is 1. The smallest absolute Gasteiger partial charge is 0.218 e. The van der Waals surface area contributed by atoms with Crippen LogP contribution in [0.15, 0.2) is 44.3 Å². The highest BCUT2D eigenvalue weighted by Gasteiger charge is 2.05. The van der Waals surface area contributed by atoms with Gasteiger partial charge in [0.2, 0.25) is 5.43 Å². The van der Waals surface area contributed by atoms with Crippen LogP contribution in [0.4, 0.5) is 5.69 Å². The van der Waals surface area contributed by atoms with Crippen molar-refractivity contribution < 1.29 is 4.74 Å². The molecule has 19 heavy (non-hydrogen) atoms. The quantitative estimate of drug-likeness (QED) is 0.880. The van der Waals surface area contributed by atoms with E-state index in [4.69, 9.17) is 10.5 Å². The molecule has 100 valence electrons. The Kier molecular flexibility index (Phi) is 4.31. The molecule has 2 N–H and O–H groups in total. The van der Waals surface area contributed by atoms with Crippen molar-refractivity contribution in [3.8, 4) is 5.75 Å². The Morgan fingerprint density at radius 1 is 1.26 bits per heavy atom. The van der Waals surface area contributed by atoms with E-state index in [0.29, 0.717) is 11.0 Å². The number of aromatic nitrogens is 1. The minimum atomic E-state index is -0.188. The summed E-state index contributed by atoms with van der Waals surface area (Å²) < 4.78 is 8.39. The molecule has 0 saturated heterocycles. The SMILES string of the molecule is COc1ccc(Cn2cc(N)c(=O)c(Br)c2)cc1Br. The van der Waals surface area contributed by atoms with Gasteiger partial charge in [-0.05, 0) is 49.6 Å². The summed E-state index contributed by atoms with van der Waals surface area (Å²) in [6.07, 6.45) is 3.35. The molecule has 0 saturated carbocycles. The molecule has 0 amide bonds. The third-order valence-corrected chi connectivity index (χ3v) is 3.83. The minimum absolute atomic E-state index is 0.188. The molecule has 4 nitrogen and oxygen atoms in total. The topological polar surface area (TPSA) is 57.2 Å². The molecule has 0 spiro atoms. The van der Waals surface area contributed by atoms with Gasteiger partial charge in [-0.3, -0.25) is 4.79 Å².